The summed E-state index contributed by atoms with van der Waals surface area (Å²) in [4.78, 5) is 11.5. The highest BCUT2D eigenvalue weighted by Gasteiger charge is 2.29. The second kappa shape index (κ2) is 5.12. The van der Waals surface area contributed by atoms with Gasteiger partial charge in [0, 0.05) is 12.7 Å². The summed E-state index contributed by atoms with van der Waals surface area (Å²) in [6, 6.07) is 0. The minimum atomic E-state index is -0.949. The number of carbonyl (C=O) groups is 1. The van der Waals surface area contributed by atoms with Gasteiger partial charge in [0.05, 0.1) is 12.8 Å². The Kier molecular flexibility index (Phi) is 4.06. The van der Waals surface area contributed by atoms with Crippen LogP contribution in [-0.4, -0.2) is 27.9 Å². The molecule has 5 nitrogen and oxygen atoms in total. The molecule has 1 atom stereocenters. The van der Waals surface area contributed by atoms with Crippen LogP contribution < -0.4 is 5.73 Å². The molecule has 0 fully saturated rings. The van der Waals surface area contributed by atoms with Crippen LogP contribution >= 0.6 is 0 Å². The third-order valence-electron chi connectivity index (χ3n) is 2.36. The summed E-state index contributed by atoms with van der Waals surface area (Å²) in [7, 11) is 0. The lowest BCUT2D eigenvalue weighted by Gasteiger charge is -2.21. The van der Waals surface area contributed by atoms with Crippen molar-refractivity contribution in [3.8, 4) is 0 Å². The molecule has 1 rings (SSSR count). The Morgan fingerprint density at radius 3 is 2.88 bits per heavy atom. The molecule has 0 saturated heterocycles. The second-order valence-electron chi connectivity index (χ2n) is 4.17. The molecule has 0 aliphatic carbocycles. The van der Waals surface area contributed by atoms with Crippen molar-refractivity contribution in [2.75, 3.05) is 6.61 Å². The molecular weight excluding hydrogens is 206 g/mol. The summed E-state index contributed by atoms with van der Waals surface area (Å²) in [5.74, 6) is -0.362. The molecule has 16 heavy (non-hydrogen) atoms. The van der Waals surface area contributed by atoms with E-state index in [0.717, 1.165) is 5.56 Å². The maximum absolute atomic E-state index is 11.5. The number of esters is 1. The van der Waals surface area contributed by atoms with E-state index in [2.05, 4.69) is 5.10 Å². The maximum Gasteiger partial charge on any atom is 0.325 e. The van der Waals surface area contributed by atoms with Crippen LogP contribution in [0.15, 0.2) is 12.4 Å². The van der Waals surface area contributed by atoms with Crippen LogP contribution in [0.25, 0.3) is 0 Å². The average molecular weight is 225 g/mol. The fourth-order valence-electron chi connectivity index (χ4n) is 1.33. The Morgan fingerprint density at radius 2 is 2.38 bits per heavy atom. The Morgan fingerprint density at radius 1 is 1.69 bits per heavy atom. The molecule has 1 aromatic rings. The predicted octanol–water partition coefficient (Wildman–Crippen LogP) is 0.862. The highest BCUT2D eigenvalue weighted by atomic mass is 16.5. The molecular formula is C11H19N3O2. The molecule has 0 aromatic carbocycles. The third kappa shape index (κ3) is 3.34. The van der Waals surface area contributed by atoms with Crippen molar-refractivity contribution < 1.29 is 9.53 Å². The number of nitrogens with two attached hydrogens (primary N) is 1. The first-order valence-electron chi connectivity index (χ1n) is 5.41. The summed E-state index contributed by atoms with van der Waals surface area (Å²) in [6.45, 7) is 6.38. The maximum atomic E-state index is 11.5. The van der Waals surface area contributed by atoms with E-state index in [-0.39, 0.29) is 5.97 Å². The largest absolute Gasteiger partial charge is 0.465 e. The standard InChI is InChI=1S/C11H19N3O2/c1-4-16-10(15)11(3,12)5-6-14-8-9(2)7-13-14/h7-8H,4-6,12H2,1-3H3. The average Bonchev–Trinajstić information content (AvgIpc) is 2.62. The van der Waals surface area contributed by atoms with Gasteiger partial charge in [-0.3, -0.25) is 9.48 Å². The zero-order valence-corrected chi connectivity index (χ0v) is 10.1. The van der Waals surface area contributed by atoms with Gasteiger partial charge in [0.25, 0.3) is 0 Å². The lowest BCUT2D eigenvalue weighted by atomic mass is 10.00. The van der Waals surface area contributed by atoms with Crippen molar-refractivity contribution in [1.29, 1.82) is 0 Å². The normalized spacial score (nSPS) is 14.5. The summed E-state index contributed by atoms with van der Waals surface area (Å²) in [5, 5.41) is 4.13. The number of rotatable bonds is 5. The van der Waals surface area contributed by atoms with E-state index in [1.54, 1.807) is 24.7 Å². The third-order valence-corrected chi connectivity index (χ3v) is 2.36. The van der Waals surface area contributed by atoms with Crippen LogP contribution in [0.3, 0.4) is 0 Å². The topological polar surface area (TPSA) is 70.1 Å². The van der Waals surface area contributed by atoms with Crippen molar-refractivity contribution in [3.05, 3.63) is 18.0 Å². The lowest BCUT2D eigenvalue weighted by Crippen LogP contribution is -2.46. The minimum absolute atomic E-state index is 0.354. The Hall–Kier alpha value is -1.36. The number of hydrogen-bond acceptors (Lipinski definition) is 4. The van der Waals surface area contributed by atoms with Gasteiger partial charge in [-0.1, -0.05) is 0 Å². The lowest BCUT2D eigenvalue weighted by molar-refractivity contribution is -0.149. The molecule has 1 unspecified atom stereocenters. The van der Waals surface area contributed by atoms with E-state index in [1.165, 1.54) is 0 Å². The van der Waals surface area contributed by atoms with Gasteiger partial charge in [-0.05, 0) is 32.8 Å². The van der Waals surface area contributed by atoms with E-state index in [0.29, 0.717) is 19.6 Å². The fourth-order valence-corrected chi connectivity index (χ4v) is 1.33. The van der Waals surface area contributed by atoms with Crippen LogP contribution in [0.2, 0.25) is 0 Å². The second-order valence-corrected chi connectivity index (χ2v) is 4.17. The highest BCUT2D eigenvalue weighted by molar-refractivity contribution is 5.79. The van der Waals surface area contributed by atoms with Crippen molar-refractivity contribution >= 4 is 5.97 Å². The zero-order valence-electron chi connectivity index (χ0n) is 10.1. The highest BCUT2D eigenvalue weighted by Crippen LogP contribution is 2.10. The number of carbonyl (C=O) groups excluding carboxylic acids is 1. The number of hydrogen-bond donors (Lipinski definition) is 1. The van der Waals surface area contributed by atoms with Crippen LogP contribution in [0.1, 0.15) is 25.8 Å². The molecule has 5 heteroatoms. The van der Waals surface area contributed by atoms with Gasteiger partial charge < -0.3 is 10.5 Å². The number of nitrogens with zero attached hydrogens (tertiary/aromatic N) is 2. The molecule has 0 bridgehead atoms. The molecule has 90 valence electrons. The van der Waals surface area contributed by atoms with E-state index in [9.17, 15) is 4.79 Å². The van der Waals surface area contributed by atoms with Crippen LogP contribution in [0.4, 0.5) is 0 Å². The Balaban J connectivity index is 2.50. The summed E-state index contributed by atoms with van der Waals surface area (Å²) >= 11 is 0. The van der Waals surface area contributed by atoms with Gasteiger partial charge in [0.2, 0.25) is 0 Å². The van der Waals surface area contributed by atoms with E-state index in [4.69, 9.17) is 10.5 Å². The number of aromatic nitrogens is 2. The summed E-state index contributed by atoms with van der Waals surface area (Å²) in [6.07, 6.45) is 4.20. The van der Waals surface area contributed by atoms with Gasteiger partial charge in [0.15, 0.2) is 0 Å². The Bertz CT molecular complexity index is 358. The predicted molar refractivity (Wildman–Crippen MR) is 60.8 cm³/mol. The molecule has 1 aromatic heterocycles. The first-order chi connectivity index (χ1) is 7.45. The SMILES string of the molecule is CCOC(=O)C(C)(N)CCn1cc(C)cn1. The quantitative estimate of drug-likeness (QED) is 0.755. The smallest absolute Gasteiger partial charge is 0.325 e. The van der Waals surface area contributed by atoms with E-state index < -0.39 is 5.54 Å². The fraction of sp³-hybridized carbons (Fsp3) is 0.636. The Labute approximate surface area is 95.6 Å². The molecule has 0 aliphatic heterocycles. The molecule has 0 radical (unpaired) electrons. The first-order valence-corrected chi connectivity index (χ1v) is 5.41. The van der Waals surface area contributed by atoms with Crippen LogP contribution in [-0.2, 0) is 16.1 Å². The van der Waals surface area contributed by atoms with Crippen molar-refractivity contribution in [2.24, 2.45) is 5.73 Å². The van der Waals surface area contributed by atoms with Crippen molar-refractivity contribution in [3.63, 3.8) is 0 Å². The molecule has 0 saturated carbocycles. The summed E-state index contributed by atoms with van der Waals surface area (Å²) < 4.78 is 6.68. The zero-order chi connectivity index (χ0) is 12.2. The molecule has 0 amide bonds. The minimum Gasteiger partial charge on any atom is -0.465 e. The van der Waals surface area contributed by atoms with Crippen LogP contribution in [0, 0.1) is 6.92 Å². The van der Waals surface area contributed by atoms with Crippen molar-refractivity contribution in [2.45, 2.75) is 39.3 Å². The van der Waals surface area contributed by atoms with E-state index in [1.807, 2.05) is 13.1 Å². The van der Waals surface area contributed by atoms with Crippen LogP contribution in [0.5, 0.6) is 0 Å². The monoisotopic (exact) mass is 225 g/mol. The molecule has 0 aliphatic rings. The molecule has 2 N–H and O–H groups in total. The molecule has 0 spiro atoms. The van der Waals surface area contributed by atoms with Gasteiger partial charge in [-0.15, -0.1) is 0 Å². The summed E-state index contributed by atoms with van der Waals surface area (Å²) in [5.41, 5.74) is 6.03. The molecule has 1 heterocycles. The van der Waals surface area contributed by atoms with Crippen molar-refractivity contribution in [1.82, 2.24) is 9.78 Å². The number of aryl methyl sites for hydroxylation is 2. The number of ether oxygens (including phenoxy) is 1. The van der Waals surface area contributed by atoms with Gasteiger partial charge in [0.1, 0.15) is 5.54 Å². The van der Waals surface area contributed by atoms with Gasteiger partial charge >= 0.3 is 5.97 Å². The van der Waals surface area contributed by atoms with Gasteiger partial charge in [-0.2, -0.15) is 5.10 Å². The first kappa shape index (κ1) is 12.7. The van der Waals surface area contributed by atoms with Gasteiger partial charge in [-0.25, -0.2) is 0 Å². The van der Waals surface area contributed by atoms with E-state index >= 15 is 0 Å².